The highest BCUT2D eigenvalue weighted by atomic mass is 19.1. The maximum absolute atomic E-state index is 13.3. The number of aryl methyl sites for hydroxylation is 1. The number of fused-ring (bicyclic) bond motifs is 1. The number of methoxy groups -OCH3 is 1. The average Bonchev–Trinajstić information content (AvgIpc) is 3.23. The van der Waals surface area contributed by atoms with Gasteiger partial charge in [0.05, 0.1) is 24.7 Å². The number of hydrogen-bond donors (Lipinski definition) is 2. The number of rotatable bonds is 7. The summed E-state index contributed by atoms with van der Waals surface area (Å²) in [5.41, 5.74) is 1.48. The van der Waals surface area contributed by atoms with Crippen molar-refractivity contribution < 1.29 is 18.7 Å². The Balaban J connectivity index is 1.54. The van der Waals surface area contributed by atoms with Crippen LogP contribution < -0.4 is 20.9 Å². The van der Waals surface area contributed by atoms with Crippen molar-refractivity contribution in [2.45, 2.75) is 26.8 Å². The van der Waals surface area contributed by atoms with Crippen molar-refractivity contribution in [1.29, 1.82) is 0 Å². The molecule has 4 rings (SSSR count). The Bertz CT molecular complexity index is 1480. The van der Waals surface area contributed by atoms with Crippen LogP contribution in [0.15, 0.2) is 53.5 Å². The standard InChI is InChI=1S/C24H23FN6O4/c1-14-27-23-19(13-26-31(23)18-7-4-16(25)5-8-18)24(34)30(14)11-10-22(33)29-20-12-17(28-15(2)32)6-9-21(20)35-3/h4-9,12-13H,10-11H2,1-3H3,(H,28,32)(H,29,33). The molecule has 0 bridgehead atoms. The minimum absolute atomic E-state index is 0.00640. The van der Waals surface area contributed by atoms with Gasteiger partial charge in [0.2, 0.25) is 11.8 Å². The van der Waals surface area contributed by atoms with Gasteiger partial charge in [-0.25, -0.2) is 14.1 Å². The van der Waals surface area contributed by atoms with Gasteiger partial charge in [-0.2, -0.15) is 5.10 Å². The topological polar surface area (TPSA) is 120 Å². The number of nitrogens with zero attached hydrogens (tertiary/aromatic N) is 4. The Labute approximate surface area is 199 Å². The molecule has 0 radical (unpaired) electrons. The lowest BCUT2D eigenvalue weighted by molar-refractivity contribution is -0.116. The fourth-order valence-electron chi connectivity index (χ4n) is 3.65. The minimum Gasteiger partial charge on any atom is -0.495 e. The number of benzene rings is 2. The Morgan fingerprint density at radius 3 is 2.54 bits per heavy atom. The lowest BCUT2D eigenvalue weighted by atomic mass is 10.2. The van der Waals surface area contributed by atoms with Crippen molar-refractivity contribution in [3.8, 4) is 11.4 Å². The summed E-state index contributed by atoms with van der Waals surface area (Å²) in [5, 5.41) is 9.92. The van der Waals surface area contributed by atoms with Crippen LogP contribution in [-0.2, 0) is 16.1 Å². The maximum atomic E-state index is 13.3. The van der Waals surface area contributed by atoms with E-state index in [1.165, 1.54) is 41.6 Å². The van der Waals surface area contributed by atoms with E-state index in [0.29, 0.717) is 34.3 Å². The number of anilines is 2. The molecule has 2 aromatic carbocycles. The lowest BCUT2D eigenvalue weighted by Crippen LogP contribution is -2.26. The molecule has 2 aromatic heterocycles. The zero-order valence-corrected chi connectivity index (χ0v) is 19.3. The summed E-state index contributed by atoms with van der Waals surface area (Å²) >= 11 is 0. The number of amides is 2. The highest BCUT2D eigenvalue weighted by Crippen LogP contribution is 2.28. The van der Waals surface area contributed by atoms with E-state index in [1.54, 1.807) is 37.3 Å². The van der Waals surface area contributed by atoms with Crippen LogP contribution in [0, 0.1) is 12.7 Å². The fraction of sp³-hybridized carbons (Fsp3) is 0.208. The van der Waals surface area contributed by atoms with Gasteiger partial charge in [0, 0.05) is 25.6 Å². The Hall–Kier alpha value is -4.54. The van der Waals surface area contributed by atoms with E-state index < -0.39 is 0 Å². The van der Waals surface area contributed by atoms with Crippen molar-refractivity contribution in [1.82, 2.24) is 19.3 Å². The van der Waals surface area contributed by atoms with Gasteiger partial charge in [-0.05, 0) is 49.4 Å². The summed E-state index contributed by atoms with van der Waals surface area (Å²) in [7, 11) is 1.47. The maximum Gasteiger partial charge on any atom is 0.264 e. The number of aromatic nitrogens is 4. The molecule has 0 aliphatic heterocycles. The van der Waals surface area contributed by atoms with Gasteiger partial charge >= 0.3 is 0 Å². The molecule has 0 saturated carbocycles. The number of ether oxygens (including phenoxy) is 1. The molecule has 10 nitrogen and oxygen atoms in total. The minimum atomic E-state index is -0.380. The molecule has 0 unspecified atom stereocenters. The van der Waals surface area contributed by atoms with Crippen LogP contribution in [-0.4, -0.2) is 38.3 Å². The zero-order chi connectivity index (χ0) is 25.1. The van der Waals surface area contributed by atoms with E-state index in [-0.39, 0.29) is 41.5 Å². The van der Waals surface area contributed by atoms with Crippen molar-refractivity contribution in [2.24, 2.45) is 0 Å². The smallest absolute Gasteiger partial charge is 0.264 e. The van der Waals surface area contributed by atoms with Gasteiger partial charge in [0.1, 0.15) is 22.8 Å². The summed E-state index contributed by atoms with van der Waals surface area (Å²) in [6, 6.07) is 10.6. The fourth-order valence-corrected chi connectivity index (χ4v) is 3.65. The number of halogens is 1. The van der Waals surface area contributed by atoms with Gasteiger partial charge in [0.15, 0.2) is 5.65 Å². The SMILES string of the molecule is COc1ccc(NC(C)=O)cc1NC(=O)CCn1c(C)nc2c(cnn2-c2ccc(F)cc2)c1=O. The van der Waals surface area contributed by atoms with Crippen molar-refractivity contribution in [3.63, 3.8) is 0 Å². The number of carbonyl (C=O) groups excluding carboxylic acids is 2. The molecule has 0 atom stereocenters. The Morgan fingerprint density at radius 2 is 1.86 bits per heavy atom. The summed E-state index contributed by atoms with van der Waals surface area (Å²) in [5.74, 6) is -0.138. The zero-order valence-electron chi connectivity index (χ0n) is 19.3. The molecule has 2 heterocycles. The van der Waals surface area contributed by atoms with Crippen molar-refractivity contribution in [2.75, 3.05) is 17.7 Å². The van der Waals surface area contributed by atoms with E-state index in [9.17, 15) is 18.8 Å². The first kappa shape index (κ1) is 23.6. The van der Waals surface area contributed by atoms with E-state index in [2.05, 4.69) is 20.7 Å². The average molecular weight is 478 g/mol. The molecule has 180 valence electrons. The lowest BCUT2D eigenvalue weighted by Gasteiger charge is -2.13. The highest BCUT2D eigenvalue weighted by Gasteiger charge is 2.16. The van der Waals surface area contributed by atoms with E-state index in [4.69, 9.17) is 4.74 Å². The van der Waals surface area contributed by atoms with Crippen molar-refractivity contribution >= 4 is 34.2 Å². The van der Waals surface area contributed by atoms with Gasteiger partial charge < -0.3 is 15.4 Å². The molecule has 2 N–H and O–H groups in total. The van der Waals surface area contributed by atoms with Gasteiger partial charge in [-0.3, -0.25) is 19.0 Å². The molecule has 2 amide bonds. The second-order valence-corrected chi connectivity index (χ2v) is 7.78. The largest absolute Gasteiger partial charge is 0.495 e. The summed E-state index contributed by atoms with van der Waals surface area (Å²) < 4.78 is 21.4. The number of nitrogens with one attached hydrogen (secondary N) is 2. The van der Waals surface area contributed by atoms with Crippen LogP contribution in [0.25, 0.3) is 16.7 Å². The first-order valence-corrected chi connectivity index (χ1v) is 10.7. The monoisotopic (exact) mass is 478 g/mol. The molecular weight excluding hydrogens is 455 g/mol. The van der Waals surface area contributed by atoms with Crippen LogP contribution in [0.5, 0.6) is 5.75 Å². The van der Waals surface area contributed by atoms with E-state index >= 15 is 0 Å². The van der Waals surface area contributed by atoms with Gasteiger partial charge in [-0.1, -0.05) is 0 Å². The number of carbonyl (C=O) groups is 2. The highest BCUT2D eigenvalue weighted by molar-refractivity contribution is 5.95. The molecule has 0 fully saturated rings. The third kappa shape index (κ3) is 5.03. The quantitative estimate of drug-likeness (QED) is 0.421. The second-order valence-electron chi connectivity index (χ2n) is 7.78. The summed E-state index contributed by atoms with van der Waals surface area (Å²) in [6.45, 7) is 3.15. The van der Waals surface area contributed by atoms with Crippen LogP contribution in [0.4, 0.5) is 15.8 Å². The first-order chi connectivity index (χ1) is 16.8. The Morgan fingerprint density at radius 1 is 1.11 bits per heavy atom. The molecular formula is C24H23FN6O4. The van der Waals surface area contributed by atoms with Crippen LogP contribution in [0.1, 0.15) is 19.2 Å². The number of hydrogen-bond acceptors (Lipinski definition) is 6. The Kier molecular flexibility index (Phi) is 6.58. The van der Waals surface area contributed by atoms with Crippen LogP contribution in [0.3, 0.4) is 0 Å². The van der Waals surface area contributed by atoms with Crippen LogP contribution in [0.2, 0.25) is 0 Å². The predicted octanol–water partition coefficient (Wildman–Crippen LogP) is 3.03. The van der Waals surface area contributed by atoms with E-state index in [0.717, 1.165) is 0 Å². The molecule has 11 heteroatoms. The normalized spacial score (nSPS) is 10.9. The second kappa shape index (κ2) is 9.75. The first-order valence-electron chi connectivity index (χ1n) is 10.7. The third-order valence-corrected chi connectivity index (χ3v) is 5.31. The molecule has 0 spiro atoms. The summed E-state index contributed by atoms with van der Waals surface area (Å²) in [6.07, 6.45) is 1.40. The van der Waals surface area contributed by atoms with Crippen LogP contribution >= 0.6 is 0 Å². The molecule has 0 aliphatic rings. The molecule has 4 aromatic rings. The molecule has 0 aliphatic carbocycles. The third-order valence-electron chi connectivity index (χ3n) is 5.31. The van der Waals surface area contributed by atoms with Gasteiger partial charge in [-0.15, -0.1) is 0 Å². The van der Waals surface area contributed by atoms with E-state index in [1.807, 2.05) is 0 Å². The molecule has 35 heavy (non-hydrogen) atoms. The molecule has 0 saturated heterocycles. The predicted molar refractivity (Wildman–Crippen MR) is 128 cm³/mol. The van der Waals surface area contributed by atoms with Gasteiger partial charge in [0.25, 0.3) is 5.56 Å². The van der Waals surface area contributed by atoms with Crippen molar-refractivity contribution in [3.05, 3.63) is 70.7 Å². The summed E-state index contributed by atoms with van der Waals surface area (Å²) in [4.78, 5) is 41.6.